The molecule has 0 spiro atoms. The first kappa shape index (κ1) is 15.0. The summed E-state index contributed by atoms with van der Waals surface area (Å²) < 4.78 is 0. The first-order valence-corrected chi connectivity index (χ1v) is 7.38. The molecule has 2 rings (SSSR count). The molecule has 0 fully saturated rings. The lowest BCUT2D eigenvalue weighted by Gasteiger charge is -2.29. The minimum absolute atomic E-state index is 0.0279. The average Bonchev–Trinajstić information content (AvgIpc) is 2.51. The summed E-state index contributed by atoms with van der Waals surface area (Å²) in [7, 11) is 0. The molecule has 0 saturated carbocycles. The van der Waals surface area contributed by atoms with E-state index in [1.165, 1.54) is 11.1 Å². The highest BCUT2D eigenvalue weighted by Gasteiger charge is 2.27. The number of carbonyl (C=O) groups excluding carboxylic acids is 1. The minimum atomic E-state index is -0.789. The standard InChI is InChI=1S/C16H24N2O2/c1-3-16(20,4-2)11-18-15(19)14-9-12-7-5-6-8-13(12)10-17-14/h5-8,14,17,20H,3-4,9-11H2,1-2H3,(H,18,19). The number of amides is 1. The normalized spacial score (nSPS) is 18.4. The summed E-state index contributed by atoms with van der Waals surface area (Å²) in [6.45, 7) is 4.91. The fourth-order valence-corrected chi connectivity index (χ4v) is 2.51. The molecular weight excluding hydrogens is 252 g/mol. The maximum atomic E-state index is 12.2. The topological polar surface area (TPSA) is 61.4 Å². The predicted octanol–water partition coefficient (Wildman–Crippen LogP) is 1.37. The number of benzene rings is 1. The number of aliphatic hydroxyl groups is 1. The molecule has 0 saturated heterocycles. The number of rotatable bonds is 5. The van der Waals surface area contributed by atoms with Crippen molar-refractivity contribution < 1.29 is 9.90 Å². The molecule has 1 aromatic carbocycles. The smallest absolute Gasteiger partial charge is 0.237 e. The maximum absolute atomic E-state index is 12.2. The lowest BCUT2D eigenvalue weighted by molar-refractivity contribution is -0.124. The van der Waals surface area contributed by atoms with E-state index in [-0.39, 0.29) is 11.9 Å². The average molecular weight is 276 g/mol. The Hall–Kier alpha value is -1.39. The van der Waals surface area contributed by atoms with Gasteiger partial charge in [-0.1, -0.05) is 38.1 Å². The van der Waals surface area contributed by atoms with Crippen molar-refractivity contribution in [3.05, 3.63) is 35.4 Å². The maximum Gasteiger partial charge on any atom is 0.237 e. The van der Waals surface area contributed by atoms with Crippen molar-refractivity contribution in [2.75, 3.05) is 6.54 Å². The van der Waals surface area contributed by atoms with Crippen LogP contribution in [0, 0.1) is 0 Å². The van der Waals surface area contributed by atoms with E-state index in [4.69, 9.17) is 0 Å². The molecule has 1 atom stereocenters. The molecular formula is C16H24N2O2. The van der Waals surface area contributed by atoms with Gasteiger partial charge in [0.05, 0.1) is 11.6 Å². The van der Waals surface area contributed by atoms with Gasteiger partial charge in [0.25, 0.3) is 0 Å². The Morgan fingerprint density at radius 3 is 2.65 bits per heavy atom. The molecule has 3 N–H and O–H groups in total. The monoisotopic (exact) mass is 276 g/mol. The van der Waals surface area contributed by atoms with Gasteiger partial charge in [-0.15, -0.1) is 0 Å². The molecule has 1 aliphatic rings. The van der Waals surface area contributed by atoms with Crippen LogP contribution in [0.1, 0.15) is 37.8 Å². The number of nitrogens with one attached hydrogen (secondary N) is 2. The van der Waals surface area contributed by atoms with Crippen LogP contribution in [-0.4, -0.2) is 29.2 Å². The van der Waals surface area contributed by atoms with Crippen molar-refractivity contribution in [1.82, 2.24) is 10.6 Å². The fraction of sp³-hybridized carbons (Fsp3) is 0.562. The SMILES string of the molecule is CCC(O)(CC)CNC(=O)C1Cc2ccccc2CN1. The Kier molecular flexibility index (Phi) is 4.78. The van der Waals surface area contributed by atoms with Crippen LogP contribution in [0.25, 0.3) is 0 Å². The molecule has 20 heavy (non-hydrogen) atoms. The third-order valence-electron chi connectivity index (χ3n) is 4.31. The van der Waals surface area contributed by atoms with E-state index < -0.39 is 5.60 Å². The molecule has 0 aliphatic carbocycles. The molecule has 4 nitrogen and oxygen atoms in total. The van der Waals surface area contributed by atoms with E-state index in [1.807, 2.05) is 26.0 Å². The van der Waals surface area contributed by atoms with Crippen molar-refractivity contribution in [1.29, 1.82) is 0 Å². The fourth-order valence-electron chi connectivity index (χ4n) is 2.51. The van der Waals surface area contributed by atoms with Crippen LogP contribution in [0.4, 0.5) is 0 Å². The third kappa shape index (κ3) is 3.38. The second kappa shape index (κ2) is 6.37. The largest absolute Gasteiger partial charge is 0.388 e. The molecule has 1 unspecified atom stereocenters. The highest BCUT2D eigenvalue weighted by molar-refractivity contribution is 5.82. The zero-order chi connectivity index (χ0) is 14.6. The van der Waals surface area contributed by atoms with Crippen LogP contribution in [0.3, 0.4) is 0 Å². The van der Waals surface area contributed by atoms with E-state index in [9.17, 15) is 9.90 Å². The number of fused-ring (bicyclic) bond motifs is 1. The Labute approximate surface area is 120 Å². The zero-order valence-corrected chi connectivity index (χ0v) is 12.3. The van der Waals surface area contributed by atoms with Gasteiger partial charge in [0, 0.05) is 13.1 Å². The van der Waals surface area contributed by atoms with Crippen LogP contribution in [-0.2, 0) is 17.8 Å². The van der Waals surface area contributed by atoms with Crippen LogP contribution in [0.2, 0.25) is 0 Å². The first-order chi connectivity index (χ1) is 9.58. The van der Waals surface area contributed by atoms with Gasteiger partial charge in [-0.25, -0.2) is 0 Å². The summed E-state index contributed by atoms with van der Waals surface area (Å²) in [5.74, 6) is -0.0279. The number of hydrogen-bond acceptors (Lipinski definition) is 3. The van der Waals surface area contributed by atoms with Crippen LogP contribution in [0.5, 0.6) is 0 Å². The summed E-state index contributed by atoms with van der Waals surface area (Å²) in [4.78, 5) is 12.2. The Morgan fingerprint density at radius 1 is 1.35 bits per heavy atom. The van der Waals surface area contributed by atoms with E-state index in [0.29, 0.717) is 25.8 Å². The Balaban J connectivity index is 1.92. The Morgan fingerprint density at radius 2 is 2.00 bits per heavy atom. The van der Waals surface area contributed by atoms with Crippen molar-refractivity contribution >= 4 is 5.91 Å². The summed E-state index contributed by atoms with van der Waals surface area (Å²) >= 11 is 0. The van der Waals surface area contributed by atoms with Gasteiger partial charge in [-0.3, -0.25) is 4.79 Å². The van der Waals surface area contributed by atoms with Crippen LogP contribution < -0.4 is 10.6 Å². The van der Waals surface area contributed by atoms with Crippen LogP contribution >= 0.6 is 0 Å². The molecule has 110 valence electrons. The summed E-state index contributed by atoms with van der Waals surface area (Å²) in [5, 5.41) is 16.3. The molecule has 1 heterocycles. The van der Waals surface area contributed by atoms with Gasteiger partial charge in [0.1, 0.15) is 0 Å². The third-order valence-corrected chi connectivity index (χ3v) is 4.31. The van der Waals surface area contributed by atoms with Crippen molar-refractivity contribution in [2.24, 2.45) is 0 Å². The molecule has 0 radical (unpaired) electrons. The molecule has 1 amide bonds. The molecule has 1 aliphatic heterocycles. The molecule has 0 aromatic heterocycles. The van der Waals surface area contributed by atoms with Crippen molar-refractivity contribution in [3.8, 4) is 0 Å². The van der Waals surface area contributed by atoms with Crippen LogP contribution in [0.15, 0.2) is 24.3 Å². The van der Waals surface area contributed by atoms with Gasteiger partial charge >= 0.3 is 0 Å². The van der Waals surface area contributed by atoms with E-state index >= 15 is 0 Å². The molecule has 4 heteroatoms. The summed E-state index contributed by atoms with van der Waals surface area (Å²) in [5.41, 5.74) is 1.70. The van der Waals surface area contributed by atoms with E-state index in [1.54, 1.807) is 0 Å². The van der Waals surface area contributed by atoms with Crippen molar-refractivity contribution in [3.63, 3.8) is 0 Å². The quantitative estimate of drug-likeness (QED) is 0.761. The van der Waals surface area contributed by atoms with Gasteiger partial charge in [0.15, 0.2) is 0 Å². The zero-order valence-electron chi connectivity index (χ0n) is 12.3. The lowest BCUT2D eigenvalue weighted by Crippen LogP contribution is -2.51. The summed E-state index contributed by atoms with van der Waals surface area (Å²) in [6, 6.07) is 7.98. The second-order valence-electron chi connectivity index (χ2n) is 5.56. The minimum Gasteiger partial charge on any atom is -0.388 e. The predicted molar refractivity (Wildman–Crippen MR) is 79.3 cm³/mol. The van der Waals surface area contributed by atoms with Gasteiger partial charge < -0.3 is 15.7 Å². The van der Waals surface area contributed by atoms with Gasteiger partial charge in [-0.05, 0) is 30.4 Å². The lowest BCUT2D eigenvalue weighted by atomic mass is 9.94. The highest BCUT2D eigenvalue weighted by atomic mass is 16.3. The number of carbonyl (C=O) groups is 1. The van der Waals surface area contributed by atoms with Crippen molar-refractivity contribution in [2.45, 2.75) is 51.3 Å². The van der Waals surface area contributed by atoms with E-state index in [2.05, 4.69) is 22.8 Å². The summed E-state index contributed by atoms with van der Waals surface area (Å²) in [6.07, 6.45) is 1.99. The molecule has 0 bridgehead atoms. The number of hydrogen-bond donors (Lipinski definition) is 3. The second-order valence-corrected chi connectivity index (χ2v) is 5.56. The van der Waals surface area contributed by atoms with Gasteiger partial charge in [-0.2, -0.15) is 0 Å². The highest BCUT2D eigenvalue weighted by Crippen LogP contribution is 2.17. The first-order valence-electron chi connectivity index (χ1n) is 7.38. The molecule has 1 aromatic rings. The van der Waals surface area contributed by atoms with E-state index in [0.717, 1.165) is 6.54 Å². The Bertz CT molecular complexity index is 469. The van der Waals surface area contributed by atoms with Gasteiger partial charge in [0.2, 0.25) is 5.91 Å².